The van der Waals surface area contributed by atoms with Crippen LogP contribution in [0, 0.1) is 11.3 Å². The Balaban J connectivity index is 3.51. The van der Waals surface area contributed by atoms with Gasteiger partial charge in [0.15, 0.2) is 0 Å². The molecule has 0 saturated carbocycles. The van der Waals surface area contributed by atoms with Crippen LogP contribution in [0.2, 0.25) is 0 Å². The van der Waals surface area contributed by atoms with E-state index in [9.17, 15) is 13.6 Å². The number of alkyl halides is 2. The third-order valence-electron chi connectivity index (χ3n) is 1.40. The largest absolute Gasteiger partial charge is 0.358 e. The molecule has 0 unspecified atom stereocenters. The van der Waals surface area contributed by atoms with Crippen LogP contribution in [-0.2, 0) is 0 Å². The number of aromatic nitrogens is 1. The fourth-order valence-corrected chi connectivity index (χ4v) is 1.12. The van der Waals surface area contributed by atoms with E-state index in [-0.39, 0.29) is 4.47 Å². The van der Waals surface area contributed by atoms with Gasteiger partial charge >= 0.3 is 0 Å². The second-order valence-corrected chi connectivity index (χ2v) is 3.02. The van der Waals surface area contributed by atoms with Crippen molar-refractivity contribution in [1.29, 1.82) is 5.26 Å². The van der Waals surface area contributed by atoms with E-state index in [1.54, 1.807) is 0 Å². The van der Waals surface area contributed by atoms with Crippen molar-refractivity contribution in [3.8, 4) is 6.07 Å². The maximum absolute atomic E-state index is 12.2. The highest BCUT2D eigenvalue weighted by Gasteiger charge is 2.17. The van der Waals surface area contributed by atoms with Gasteiger partial charge in [0.2, 0.25) is 5.43 Å². The Hall–Kier alpha value is -1.22. The molecular weight excluding hydrogens is 246 g/mol. The molecule has 0 fully saturated rings. The summed E-state index contributed by atoms with van der Waals surface area (Å²) in [6.07, 6.45) is -1.76. The lowest BCUT2D eigenvalue weighted by Crippen LogP contribution is -2.12. The van der Waals surface area contributed by atoms with E-state index in [4.69, 9.17) is 5.26 Å². The fraction of sp³-hybridized carbons (Fsp3) is 0.143. The number of nitrogens with one attached hydrogen (secondary N) is 1. The lowest BCUT2D eigenvalue weighted by atomic mass is 10.2. The third-order valence-corrected chi connectivity index (χ3v) is 1.99. The van der Waals surface area contributed by atoms with Crippen LogP contribution < -0.4 is 5.43 Å². The van der Waals surface area contributed by atoms with Gasteiger partial charge in [-0.15, -0.1) is 0 Å². The van der Waals surface area contributed by atoms with E-state index in [0.29, 0.717) is 0 Å². The zero-order valence-corrected chi connectivity index (χ0v) is 7.73. The molecule has 0 spiro atoms. The molecule has 1 N–H and O–H groups in total. The first-order chi connectivity index (χ1) is 6.07. The van der Waals surface area contributed by atoms with E-state index >= 15 is 0 Å². The number of hydrogen-bond acceptors (Lipinski definition) is 2. The van der Waals surface area contributed by atoms with Gasteiger partial charge < -0.3 is 4.98 Å². The molecule has 1 heterocycles. The van der Waals surface area contributed by atoms with Crippen LogP contribution in [0.5, 0.6) is 0 Å². The van der Waals surface area contributed by atoms with Gasteiger partial charge in [-0.05, 0) is 15.9 Å². The summed E-state index contributed by atoms with van der Waals surface area (Å²) < 4.78 is 24.4. The van der Waals surface area contributed by atoms with Crippen molar-refractivity contribution < 1.29 is 8.78 Å². The summed E-state index contributed by atoms with van der Waals surface area (Å²) in [4.78, 5) is 13.3. The van der Waals surface area contributed by atoms with E-state index < -0.39 is 23.1 Å². The molecule has 0 saturated heterocycles. The van der Waals surface area contributed by atoms with Gasteiger partial charge in [-0.1, -0.05) is 0 Å². The Morgan fingerprint density at radius 2 is 2.23 bits per heavy atom. The van der Waals surface area contributed by atoms with Crippen molar-refractivity contribution >= 4 is 15.9 Å². The summed E-state index contributed by atoms with van der Waals surface area (Å²) >= 11 is 2.83. The standard InChI is InChI=1S/C7H3BrF2N2O/c8-4-2-12-5(7(9)10)3(1-11)6(4)13/h2,7H,(H,12,13). The van der Waals surface area contributed by atoms with Gasteiger partial charge in [0.05, 0.1) is 4.47 Å². The first kappa shape index (κ1) is 9.86. The first-order valence-corrected chi connectivity index (χ1v) is 3.96. The molecule has 0 aliphatic rings. The minimum Gasteiger partial charge on any atom is -0.358 e. The molecule has 3 nitrogen and oxygen atoms in total. The Kier molecular flexibility index (Phi) is 2.78. The summed E-state index contributed by atoms with van der Waals surface area (Å²) in [5.74, 6) is 0. The minimum atomic E-state index is -2.85. The second-order valence-electron chi connectivity index (χ2n) is 2.17. The highest BCUT2D eigenvalue weighted by molar-refractivity contribution is 9.10. The molecule has 68 valence electrons. The zero-order valence-electron chi connectivity index (χ0n) is 6.14. The van der Waals surface area contributed by atoms with Crippen LogP contribution in [0.3, 0.4) is 0 Å². The molecule has 0 radical (unpaired) electrons. The number of halogens is 3. The predicted molar refractivity (Wildman–Crippen MR) is 44.4 cm³/mol. The van der Waals surface area contributed by atoms with Crippen LogP contribution in [0.1, 0.15) is 17.7 Å². The van der Waals surface area contributed by atoms with Crippen LogP contribution in [0.4, 0.5) is 8.78 Å². The molecule has 1 rings (SSSR count). The van der Waals surface area contributed by atoms with E-state index in [1.165, 1.54) is 6.07 Å². The second kappa shape index (κ2) is 3.66. The molecule has 0 bridgehead atoms. The lowest BCUT2D eigenvalue weighted by Gasteiger charge is -2.01. The molecule has 1 aromatic heterocycles. The average Bonchev–Trinajstić information content (AvgIpc) is 2.09. The highest BCUT2D eigenvalue weighted by atomic mass is 79.9. The third kappa shape index (κ3) is 1.75. The number of pyridine rings is 1. The summed E-state index contributed by atoms with van der Waals surface area (Å²) in [5.41, 5.74) is -1.92. The van der Waals surface area contributed by atoms with Crippen molar-refractivity contribution in [3.63, 3.8) is 0 Å². The van der Waals surface area contributed by atoms with Crippen LogP contribution in [0.25, 0.3) is 0 Å². The number of nitrogens with zero attached hydrogens (tertiary/aromatic N) is 1. The number of nitriles is 1. The summed E-state index contributed by atoms with van der Waals surface area (Å²) in [6, 6.07) is 1.43. The molecule has 13 heavy (non-hydrogen) atoms. The monoisotopic (exact) mass is 248 g/mol. The minimum absolute atomic E-state index is 0.0634. The van der Waals surface area contributed by atoms with Crippen LogP contribution in [-0.4, -0.2) is 4.98 Å². The van der Waals surface area contributed by atoms with Crippen molar-refractivity contribution in [3.05, 3.63) is 32.2 Å². The van der Waals surface area contributed by atoms with Crippen LogP contribution >= 0.6 is 15.9 Å². The molecular formula is C7H3BrF2N2O. The molecule has 0 aliphatic carbocycles. The van der Waals surface area contributed by atoms with E-state index in [0.717, 1.165) is 6.20 Å². The topological polar surface area (TPSA) is 56.6 Å². The van der Waals surface area contributed by atoms with Crippen molar-refractivity contribution in [2.24, 2.45) is 0 Å². The molecule has 0 aromatic carbocycles. The predicted octanol–water partition coefficient (Wildman–Crippen LogP) is 1.95. The number of H-pyrrole nitrogens is 1. The van der Waals surface area contributed by atoms with Crippen LogP contribution in [0.15, 0.2) is 15.5 Å². The summed E-state index contributed by atoms with van der Waals surface area (Å²) in [6.45, 7) is 0. The average molecular weight is 249 g/mol. The molecule has 1 aromatic rings. The lowest BCUT2D eigenvalue weighted by molar-refractivity contribution is 0.145. The molecule has 0 atom stereocenters. The Labute approximate surface area is 80.1 Å². The Morgan fingerprint density at radius 1 is 1.62 bits per heavy atom. The Bertz CT molecular complexity index is 421. The SMILES string of the molecule is N#Cc1c(C(F)F)[nH]cc(Br)c1=O. The fourth-order valence-electron chi connectivity index (χ4n) is 0.804. The van der Waals surface area contributed by atoms with E-state index in [1.807, 2.05) is 0 Å². The van der Waals surface area contributed by atoms with Gasteiger partial charge in [-0.2, -0.15) is 5.26 Å². The first-order valence-electron chi connectivity index (χ1n) is 3.17. The van der Waals surface area contributed by atoms with Crippen molar-refractivity contribution in [2.75, 3.05) is 0 Å². The highest BCUT2D eigenvalue weighted by Crippen LogP contribution is 2.18. The van der Waals surface area contributed by atoms with E-state index in [2.05, 4.69) is 20.9 Å². The van der Waals surface area contributed by atoms with Gasteiger partial charge in [0, 0.05) is 6.20 Å². The normalized spacial score (nSPS) is 10.1. The summed E-state index contributed by atoms with van der Waals surface area (Å²) in [7, 11) is 0. The number of aromatic amines is 1. The molecule has 0 aliphatic heterocycles. The van der Waals surface area contributed by atoms with Crippen molar-refractivity contribution in [1.82, 2.24) is 4.98 Å². The smallest absolute Gasteiger partial charge is 0.279 e. The number of rotatable bonds is 1. The Morgan fingerprint density at radius 3 is 2.69 bits per heavy atom. The zero-order chi connectivity index (χ0) is 10.0. The maximum Gasteiger partial charge on any atom is 0.279 e. The quantitative estimate of drug-likeness (QED) is 0.826. The molecule has 0 amide bonds. The maximum atomic E-state index is 12.2. The number of hydrogen-bond donors (Lipinski definition) is 1. The van der Waals surface area contributed by atoms with Gasteiger partial charge in [0.25, 0.3) is 6.43 Å². The van der Waals surface area contributed by atoms with Gasteiger partial charge in [-0.3, -0.25) is 4.79 Å². The molecule has 6 heteroatoms. The van der Waals surface area contributed by atoms with Crippen molar-refractivity contribution in [2.45, 2.75) is 6.43 Å². The van der Waals surface area contributed by atoms with Gasteiger partial charge in [0.1, 0.15) is 17.3 Å². The summed E-state index contributed by atoms with van der Waals surface area (Å²) in [5, 5.41) is 8.45. The van der Waals surface area contributed by atoms with Gasteiger partial charge in [-0.25, -0.2) is 8.78 Å².